The van der Waals surface area contributed by atoms with Crippen LogP contribution in [0.5, 0.6) is 0 Å². The fraction of sp³-hybridized carbons (Fsp3) is 0.364. The summed E-state index contributed by atoms with van der Waals surface area (Å²) in [6.07, 6.45) is 2.20. The van der Waals surface area contributed by atoms with Crippen molar-refractivity contribution in [3.05, 3.63) is 28.6 Å². The van der Waals surface area contributed by atoms with Crippen LogP contribution < -0.4 is 10.0 Å². The molecule has 8 heteroatoms. The van der Waals surface area contributed by atoms with Crippen molar-refractivity contribution in [3.63, 3.8) is 0 Å². The van der Waals surface area contributed by atoms with E-state index in [1.54, 1.807) is 11.3 Å². The maximum Gasteiger partial charge on any atom is 0.249 e. The van der Waals surface area contributed by atoms with Gasteiger partial charge in [-0.1, -0.05) is 11.3 Å². The second-order valence-electron chi connectivity index (χ2n) is 4.30. The van der Waals surface area contributed by atoms with Crippen LogP contribution in [0.25, 0.3) is 0 Å². The zero-order valence-corrected chi connectivity index (χ0v) is 13.1. The van der Waals surface area contributed by atoms with E-state index in [0.29, 0.717) is 5.13 Å². The van der Waals surface area contributed by atoms with E-state index in [1.165, 1.54) is 11.8 Å². The largest absolute Gasteiger partial charge is 0.348 e. The number of anilines is 1. The van der Waals surface area contributed by atoms with Gasteiger partial charge in [-0.05, 0) is 35.7 Å². The molecular weight excluding hydrogens is 302 g/mol. The van der Waals surface area contributed by atoms with Crippen LogP contribution in [0.15, 0.2) is 27.2 Å². The highest BCUT2D eigenvalue weighted by Gasteiger charge is 2.18. The molecule has 0 aliphatic carbocycles. The number of thiazole rings is 1. The molecule has 104 valence electrons. The average molecular weight is 317 g/mol. The van der Waals surface area contributed by atoms with E-state index >= 15 is 0 Å². The van der Waals surface area contributed by atoms with Crippen molar-refractivity contribution in [2.75, 3.05) is 11.9 Å². The van der Waals surface area contributed by atoms with Crippen LogP contribution in [-0.2, 0) is 16.4 Å². The highest BCUT2D eigenvalue weighted by atomic mass is 32.2. The molecule has 0 bridgehead atoms. The van der Waals surface area contributed by atoms with Crippen LogP contribution in [0.1, 0.15) is 12.5 Å². The lowest BCUT2D eigenvalue weighted by Crippen LogP contribution is -2.30. The molecule has 19 heavy (non-hydrogen) atoms. The molecule has 1 atom stereocenters. The zero-order chi connectivity index (χ0) is 14.0. The van der Waals surface area contributed by atoms with Crippen molar-refractivity contribution in [2.45, 2.75) is 23.6 Å². The minimum absolute atomic E-state index is 0.0945. The number of sulfonamides is 1. The second kappa shape index (κ2) is 5.58. The van der Waals surface area contributed by atoms with Gasteiger partial charge in [0.2, 0.25) is 10.0 Å². The highest BCUT2D eigenvalue weighted by Crippen LogP contribution is 2.26. The summed E-state index contributed by atoms with van der Waals surface area (Å²) in [6, 6.07) is 2.32. The second-order valence-corrected chi connectivity index (χ2v) is 7.88. The molecule has 0 aliphatic rings. The molecule has 0 spiro atoms. The molecule has 2 N–H and O–H groups in total. The SMILES string of the molecule is CC(Cc1ccsc1)N(C)c1ncc(S(N)(=O)=O)s1. The van der Waals surface area contributed by atoms with Crippen LogP contribution in [0.3, 0.4) is 0 Å². The van der Waals surface area contributed by atoms with Gasteiger partial charge in [0.1, 0.15) is 0 Å². The Balaban J connectivity index is 2.11. The van der Waals surface area contributed by atoms with Crippen molar-refractivity contribution < 1.29 is 8.42 Å². The monoisotopic (exact) mass is 317 g/mol. The number of hydrogen-bond acceptors (Lipinski definition) is 6. The fourth-order valence-corrected chi connectivity index (χ4v) is 3.90. The summed E-state index contributed by atoms with van der Waals surface area (Å²) in [5.41, 5.74) is 1.27. The van der Waals surface area contributed by atoms with Crippen molar-refractivity contribution >= 4 is 37.8 Å². The number of nitrogens with zero attached hydrogens (tertiary/aromatic N) is 2. The molecule has 5 nitrogen and oxygen atoms in total. The molecular formula is C11H15N3O2S3. The quantitative estimate of drug-likeness (QED) is 0.914. The average Bonchev–Trinajstić information content (AvgIpc) is 2.97. The van der Waals surface area contributed by atoms with Crippen LogP contribution in [0, 0.1) is 0 Å². The van der Waals surface area contributed by atoms with Crippen molar-refractivity contribution in [3.8, 4) is 0 Å². The zero-order valence-electron chi connectivity index (χ0n) is 10.6. The first-order valence-corrected chi connectivity index (χ1v) is 8.91. The number of hydrogen-bond donors (Lipinski definition) is 1. The molecule has 2 heterocycles. The number of rotatable bonds is 5. The maximum absolute atomic E-state index is 11.2. The summed E-state index contributed by atoms with van der Waals surface area (Å²) in [7, 11) is -1.75. The third-order valence-electron chi connectivity index (χ3n) is 2.83. The molecule has 0 amide bonds. The molecule has 2 aromatic heterocycles. The number of nitrogens with two attached hydrogens (primary N) is 1. The van der Waals surface area contributed by atoms with Gasteiger partial charge in [0, 0.05) is 13.1 Å². The predicted octanol–water partition coefficient (Wildman–Crippen LogP) is 1.92. The standard InChI is InChI=1S/C11H15N3O2S3/c1-8(5-9-3-4-17-7-9)14(2)11-13-6-10(18-11)19(12,15)16/h3-4,6-8H,5H2,1-2H3,(H2,12,15,16). The lowest BCUT2D eigenvalue weighted by atomic mass is 10.1. The molecule has 0 saturated heterocycles. The molecule has 2 rings (SSSR count). The number of thiophene rings is 1. The Morgan fingerprint density at radius 1 is 1.53 bits per heavy atom. The third-order valence-corrected chi connectivity index (χ3v) is 6.05. The van der Waals surface area contributed by atoms with Crippen LogP contribution in [0.4, 0.5) is 5.13 Å². The summed E-state index contributed by atoms with van der Waals surface area (Å²) < 4.78 is 22.5. The van der Waals surface area contributed by atoms with Gasteiger partial charge in [0.05, 0.1) is 6.20 Å². The van der Waals surface area contributed by atoms with Crippen LogP contribution >= 0.6 is 22.7 Å². The Morgan fingerprint density at radius 2 is 2.26 bits per heavy atom. The van der Waals surface area contributed by atoms with E-state index in [9.17, 15) is 8.42 Å². The predicted molar refractivity (Wildman–Crippen MR) is 79.4 cm³/mol. The molecule has 2 aromatic rings. The van der Waals surface area contributed by atoms with Gasteiger partial charge in [-0.15, -0.1) is 0 Å². The summed E-state index contributed by atoms with van der Waals surface area (Å²) in [4.78, 5) is 6.09. The minimum atomic E-state index is -3.66. The Labute approximate surface area is 120 Å². The van der Waals surface area contributed by atoms with E-state index in [1.807, 2.05) is 17.3 Å². The summed E-state index contributed by atoms with van der Waals surface area (Å²) >= 11 is 2.76. The molecule has 0 aliphatic heterocycles. The Bertz CT molecular complexity index is 634. The topological polar surface area (TPSA) is 76.3 Å². The highest BCUT2D eigenvalue weighted by molar-refractivity contribution is 7.91. The minimum Gasteiger partial charge on any atom is -0.348 e. The van der Waals surface area contributed by atoms with E-state index in [-0.39, 0.29) is 10.3 Å². The van der Waals surface area contributed by atoms with Gasteiger partial charge >= 0.3 is 0 Å². The summed E-state index contributed by atoms with van der Waals surface area (Å²) in [6.45, 7) is 2.08. The lowest BCUT2D eigenvalue weighted by molar-refractivity contribution is 0.599. The van der Waals surface area contributed by atoms with Gasteiger partial charge in [-0.2, -0.15) is 11.3 Å². The molecule has 1 unspecified atom stereocenters. The number of primary sulfonamides is 1. The molecule has 0 fully saturated rings. The van der Waals surface area contributed by atoms with E-state index in [4.69, 9.17) is 5.14 Å². The van der Waals surface area contributed by atoms with Crippen LogP contribution in [0.2, 0.25) is 0 Å². The first-order chi connectivity index (χ1) is 8.88. The Hall–Kier alpha value is -0.960. The van der Waals surface area contributed by atoms with E-state index < -0.39 is 10.0 Å². The van der Waals surface area contributed by atoms with Gasteiger partial charge in [0.15, 0.2) is 9.34 Å². The number of aromatic nitrogens is 1. The smallest absolute Gasteiger partial charge is 0.249 e. The van der Waals surface area contributed by atoms with E-state index in [0.717, 1.165) is 17.8 Å². The molecule has 0 aromatic carbocycles. The third kappa shape index (κ3) is 3.53. The van der Waals surface area contributed by atoms with Crippen LogP contribution in [-0.4, -0.2) is 26.5 Å². The normalized spacial score (nSPS) is 13.4. The number of likely N-dealkylation sites (N-methyl/N-ethyl adjacent to an activating group) is 1. The van der Waals surface area contributed by atoms with Crippen molar-refractivity contribution in [1.82, 2.24) is 4.98 Å². The first-order valence-electron chi connectivity index (χ1n) is 5.60. The lowest BCUT2D eigenvalue weighted by Gasteiger charge is -2.23. The summed E-state index contributed by atoms with van der Waals surface area (Å²) in [5, 5.41) is 9.90. The van der Waals surface area contributed by atoms with Gasteiger partial charge in [-0.25, -0.2) is 18.5 Å². The van der Waals surface area contributed by atoms with Gasteiger partial charge in [0.25, 0.3) is 0 Å². The molecule has 0 radical (unpaired) electrons. The van der Waals surface area contributed by atoms with Crippen molar-refractivity contribution in [1.29, 1.82) is 0 Å². The van der Waals surface area contributed by atoms with Gasteiger partial charge < -0.3 is 4.90 Å². The molecule has 0 saturated carbocycles. The Kier molecular flexibility index (Phi) is 4.24. The first kappa shape index (κ1) is 14.4. The van der Waals surface area contributed by atoms with Crippen molar-refractivity contribution in [2.24, 2.45) is 5.14 Å². The summed E-state index contributed by atoms with van der Waals surface area (Å²) in [5.74, 6) is 0. The van der Waals surface area contributed by atoms with E-state index in [2.05, 4.69) is 23.4 Å². The maximum atomic E-state index is 11.2. The fourth-order valence-electron chi connectivity index (χ4n) is 1.62. The van der Waals surface area contributed by atoms with Gasteiger partial charge in [-0.3, -0.25) is 0 Å². The Morgan fingerprint density at radius 3 is 2.79 bits per heavy atom.